The molecule has 1 fully saturated rings. The standard InChI is InChI=1S/C12H17F3N4O2.ClH/c13-12(14,15)7-19-6-9(5-17-19)18-11(20)10(16)8-1-3-21-4-2-8;/h5-6,8,10H,1-4,7,16H2,(H,18,20);1H. The van der Waals surface area contributed by atoms with Crippen LogP contribution in [0.4, 0.5) is 18.9 Å². The molecule has 6 nitrogen and oxygen atoms in total. The van der Waals surface area contributed by atoms with Crippen molar-refractivity contribution in [1.82, 2.24) is 9.78 Å². The number of hydrogen-bond acceptors (Lipinski definition) is 4. The third kappa shape index (κ3) is 5.47. The number of ether oxygens (including phenoxy) is 1. The molecule has 1 aliphatic rings. The molecule has 1 aromatic heterocycles. The Bertz CT molecular complexity index is 489. The summed E-state index contributed by atoms with van der Waals surface area (Å²) in [5.74, 6) is -0.405. The Hall–Kier alpha value is -1.32. The van der Waals surface area contributed by atoms with Crippen molar-refractivity contribution in [3.05, 3.63) is 12.4 Å². The second-order valence-electron chi connectivity index (χ2n) is 5.01. The molecule has 1 aliphatic heterocycles. The van der Waals surface area contributed by atoms with Gasteiger partial charge in [0.2, 0.25) is 5.91 Å². The minimum absolute atomic E-state index is 0. The zero-order chi connectivity index (χ0) is 15.5. The number of halogens is 4. The van der Waals surface area contributed by atoms with Crippen LogP contribution in [0.3, 0.4) is 0 Å². The van der Waals surface area contributed by atoms with Gasteiger partial charge in [0.1, 0.15) is 6.54 Å². The van der Waals surface area contributed by atoms with Gasteiger partial charge in [0.25, 0.3) is 0 Å². The van der Waals surface area contributed by atoms with E-state index >= 15 is 0 Å². The average molecular weight is 343 g/mol. The molecular weight excluding hydrogens is 325 g/mol. The van der Waals surface area contributed by atoms with E-state index in [2.05, 4.69) is 10.4 Å². The molecule has 0 saturated carbocycles. The summed E-state index contributed by atoms with van der Waals surface area (Å²) in [5, 5.41) is 6.04. The topological polar surface area (TPSA) is 82.2 Å². The van der Waals surface area contributed by atoms with Crippen molar-refractivity contribution in [2.45, 2.75) is 31.6 Å². The van der Waals surface area contributed by atoms with E-state index in [4.69, 9.17) is 10.5 Å². The highest BCUT2D eigenvalue weighted by molar-refractivity contribution is 5.94. The molecule has 22 heavy (non-hydrogen) atoms. The second-order valence-corrected chi connectivity index (χ2v) is 5.01. The van der Waals surface area contributed by atoms with Crippen LogP contribution >= 0.6 is 12.4 Å². The molecule has 2 rings (SSSR count). The Morgan fingerprint density at radius 3 is 2.73 bits per heavy atom. The van der Waals surface area contributed by atoms with Crippen LogP contribution in [0.1, 0.15) is 12.8 Å². The highest BCUT2D eigenvalue weighted by Gasteiger charge is 2.29. The maximum absolute atomic E-state index is 12.2. The number of hydrogen-bond donors (Lipinski definition) is 2. The number of alkyl halides is 3. The summed E-state index contributed by atoms with van der Waals surface area (Å²) >= 11 is 0. The lowest BCUT2D eigenvalue weighted by molar-refractivity contribution is -0.142. The highest BCUT2D eigenvalue weighted by atomic mass is 35.5. The molecule has 2 heterocycles. The Kier molecular flexibility index (Phi) is 6.64. The molecule has 126 valence electrons. The van der Waals surface area contributed by atoms with Crippen LogP contribution in [0, 0.1) is 5.92 Å². The summed E-state index contributed by atoms with van der Waals surface area (Å²) < 4.78 is 42.5. The zero-order valence-corrected chi connectivity index (χ0v) is 12.5. The third-order valence-corrected chi connectivity index (χ3v) is 3.32. The van der Waals surface area contributed by atoms with E-state index in [-0.39, 0.29) is 24.0 Å². The number of carbonyl (C=O) groups is 1. The Morgan fingerprint density at radius 1 is 1.50 bits per heavy atom. The van der Waals surface area contributed by atoms with Crippen LogP contribution in [-0.4, -0.2) is 41.1 Å². The number of aromatic nitrogens is 2. The van der Waals surface area contributed by atoms with E-state index in [0.717, 1.165) is 10.9 Å². The number of nitrogens with one attached hydrogen (secondary N) is 1. The molecule has 0 aliphatic carbocycles. The van der Waals surface area contributed by atoms with E-state index in [1.807, 2.05) is 0 Å². The molecule has 0 radical (unpaired) electrons. The van der Waals surface area contributed by atoms with Gasteiger partial charge >= 0.3 is 6.18 Å². The molecule has 1 aromatic rings. The van der Waals surface area contributed by atoms with Gasteiger partial charge in [-0.3, -0.25) is 9.48 Å². The first-order valence-electron chi connectivity index (χ1n) is 6.58. The normalized spacial score (nSPS) is 17.6. The van der Waals surface area contributed by atoms with E-state index in [1.165, 1.54) is 6.20 Å². The molecule has 1 saturated heterocycles. The van der Waals surface area contributed by atoms with Crippen LogP contribution in [0.5, 0.6) is 0 Å². The highest BCUT2D eigenvalue weighted by Crippen LogP contribution is 2.20. The molecule has 10 heteroatoms. The number of anilines is 1. The second kappa shape index (κ2) is 7.80. The van der Waals surface area contributed by atoms with Crippen molar-refractivity contribution in [1.29, 1.82) is 0 Å². The van der Waals surface area contributed by atoms with Crippen molar-refractivity contribution in [2.24, 2.45) is 11.7 Å². The summed E-state index contributed by atoms with van der Waals surface area (Å²) in [6, 6.07) is -0.708. The molecule has 1 amide bonds. The van der Waals surface area contributed by atoms with E-state index in [1.54, 1.807) is 0 Å². The Morgan fingerprint density at radius 2 is 2.14 bits per heavy atom. The monoisotopic (exact) mass is 342 g/mol. The van der Waals surface area contributed by atoms with Crippen molar-refractivity contribution in [2.75, 3.05) is 18.5 Å². The Balaban J connectivity index is 0.00000242. The van der Waals surface area contributed by atoms with Crippen LogP contribution in [0.15, 0.2) is 12.4 Å². The van der Waals surface area contributed by atoms with Crippen LogP contribution < -0.4 is 11.1 Å². The molecule has 0 aromatic carbocycles. The van der Waals surface area contributed by atoms with Crippen molar-refractivity contribution < 1.29 is 22.7 Å². The largest absolute Gasteiger partial charge is 0.408 e. The minimum Gasteiger partial charge on any atom is -0.381 e. The van der Waals surface area contributed by atoms with Gasteiger partial charge in [-0.15, -0.1) is 12.4 Å². The lowest BCUT2D eigenvalue weighted by atomic mass is 9.92. The molecule has 0 spiro atoms. The van der Waals surface area contributed by atoms with Gasteiger partial charge in [-0.1, -0.05) is 0 Å². The summed E-state index contributed by atoms with van der Waals surface area (Å²) in [5.41, 5.74) is 6.07. The van der Waals surface area contributed by atoms with Crippen molar-refractivity contribution in [3.63, 3.8) is 0 Å². The predicted molar refractivity (Wildman–Crippen MR) is 75.7 cm³/mol. The van der Waals surface area contributed by atoms with Gasteiger partial charge in [0.15, 0.2) is 0 Å². The summed E-state index contributed by atoms with van der Waals surface area (Å²) in [6.45, 7) is -0.0702. The quantitative estimate of drug-likeness (QED) is 0.870. The molecular formula is C12H18ClF3N4O2. The van der Waals surface area contributed by atoms with Gasteiger partial charge < -0.3 is 15.8 Å². The van der Waals surface area contributed by atoms with Gasteiger partial charge in [-0.2, -0.15) is 18.3 Å². The zero-order valence-electron chi connectivity index (χ0n) is 11.7. The number of rotatable bonds is 4. The fourth-order valence-electron chi connectivity index (χ4n) is 2.21. The van der Waals surface area contributed by atoms with Crippen LogP contribution in [-0.2, 0) is 16.1 Å². The first kappa shape index (κ1) is 18.7. The molecule has 1 unspecified atom stereocenters. The van der Waals surface area contributed by atoms with Gasteiger partial charge in [0.05, 0.1) is 17.9 Å². The Labute approximate surface area is 131 Å². The smallest absolute Gasteiger partial charge is 0.381 e. The first-order valence-corrected chi connectivity index (χ1v) is 6.58. The van der Waals surface area contributed by atoms with E-state index < -0.39 is 24.7 Å². The number of amides is 1. The van der Waals surface area contributed by atoms with Crippen molar-refractivity contribution in [3.8, 4) is 0 Å². The first-order chi connectivity index (χ1) is 9.85. The summed E-state index contributed by atoms with van der Waals surface area (Å²) in [4.78, 5) is 12.0. The van der Waals surface area contributed by atoms with Crippen LogP contribution in [0.25, 0.3) is 0 Å². The summed E-state index contributed by atoms with van der Waals surface area (Å²) in [7, 11) is 0. The molecule has 0 bridgehead atoms. The van der Waals surface area contributed by atoms with E-state index in [0.29, 0.717) is 26.1 Å². The predicted octanol–water partition coefficient (Wildman–Crippen LogP) is 1.56. The minimum atomic E-state index is -4.36. The number of nitrogens with two attached hydrogens (primary N) is 1. The molecule has 3 N–H and O–H groups in total. The van der Waals surface area contributed by atoms with Crippen LogP contribution in [0.2, 0.25) is 0 Å². The number of nitrogens with zero attached hydrogens (tertiary/aromatic N) is 2. The van der Waals surface area contributed by atoms with Gasteiger partial charge in [-0.25, -0.2) is 0 Å². The SMILES string of the molecule is Cl.NC(C(=O)Nc1cnn(CC(F)(F)F)c1)C1CCOCC1. The van der Waals surface area contributed by atoms with Gasteiger partial charge in [0, 0.05) is 19.4 Å². The number of carbonyl (C=O) groups excluding carboxylic acids is 1. The summed E-state index contributed by atoms with van der Waals surface area (Å²) in [6.07, 6.45) is -0.669. The lowest BCUT2D eigenvalue weighted by Gasteiger charge is -2.26. The average Bonchev–Trinajstić information content (AvgIpc) is 2.83. The van der Waals surface area contributed by atoms with Gasteiger partial charge in [-0.05, 0) is 18.8 Å². The fraction of sp³-hybridized carbons (Fsp3) is 0.667. The lowest BCUT2D eigenvalue weighted by Crippen LogP contribution is -2.43. The fourth-order valence-corrected chi connectivity index (χ4v) is 2.21. The van der Waals surface area contributed by atoms with E-state index in [9.17, 15) is 18.0 Å². The van der Waals surface area contributed by atoms with Crippen molar-refractivity contribution >= 4 is 24.0 Å². The maximum Gasteiger partial charge on any atom is 0.408 e. The molecule has 1 atom stereocenters. The third-order valence-electron chi connectivity index (χ3n) is 3.32. The maximum atomic E-state index is 12.2.